The Morgan fingerprint density at radius 1 is 0.562 bits per heavy atom. The molecule has 2 heterocycles. The van der Waals surface area contributed by atoms with Crippen LogP contribution in [0, 0.1) is 35.5 Å². The molecule has 5 aliphatic rings. The van der Waals surface area contributed by atoms with E-state index in [1.54, 1.807) is 36.4 Å². The topological polar surface area (TPSA) is 115 Å². The van der Waals surface area contributed by atoms with Crippen LogP contribution in [0.3, 0.4) is 0 Å². The number of phenolic OH excluding ortho intramolecular Hbond substituents is 2. The zero-order valence-electron chi connectivity index (χ0n) is 16.7. The van der Waals surface area contributed by atoms with Gasteiger partial charge in [-0.3, -0.25) is 19.2 Å². The van der Waals surface area contributed by atoms with E-state index in [0.29, 0.717) is 0 Å². The van der Waals surface area contributed by atoms with E-state index in [4.69, 9.17) is 0 Å². The van der Waals surface area contributed by atoms with Crippen molar-refractivity contribution in [2.24, 2.45) is 35.5 Å². The standard InChI is InChI=1S/C24H18N2O6/c27-13-5-1-3-11(9-13)25-21(29)17-15-7-8-16(18(17)22(25)30)20-19(15)23(31)26(24(20)32)12-4-2-6-14(28)10-12/h1-10,15-20,27-28H/t15?,16?,17-,18-,19-,20-/m1/s1. The minimum Gasteiger partial charge on any atom is -0.508 e. The predicted octanol–water partition coefficient (Wildman–Crippen LogP) is 1.82. The van der Waals surface area contributed by atoms with Crippen molar-refractivity contribution in [2.45, 2.75) is 0 Å². The summed E-state index contributed by atoms with van der Waals surface area (Å²) in [7, 11) is 0. The number of hydrogen-bond acceptors (Lipinski definition) is 6. The summed E-state index contributed by atoms with van der Waals surface area (Å²) in [5.74, 6) is -5.89. The van der Waals surface area contributed by atoms with Gasteiger partial charge in [0, 0.05) is 24.0 Å². The van der Waals surface area contributed by atoms with Crippen molar-refractivity contribution in [2.75, 3.05) is 9.80 Å². The van der Waals surface area contributed by atoms with Gasteiger partial charge in [-0.15, -0.1) is 0 Å². The number of phenols is 2. The first-order valence-electron chi connectivity index (χ1n) is 10.4. The lowest BCUT2D eigenvalue weighted by molar-refractivity contribution is -0.137. The average molecular weight is 430 g/mol. The van der Waals surface area contributed by atoms with Crippen molar-refractivity contribution in [3.8, 4) is 11.5 Å². The van der Waals surface area contributed by atoms with Gasteiger partial charge in [0.25, 0.3) is 0 Å². The van der Waals surface area contributed by atoms with Gasteiger partial charge in [-0.1, -0.05) is 24.3 Å². The van der Waals surface area contributed by atoms with Gasteiger partial charge in [0.05, 0.1) is 35.0 Å². The molecular formula is C24H18N2O6. The molecule has 3 aliphatic carbocycles. The minimum atomic E-state index is -0.734. The summed E-state index contributed by atoms with van der Waals surface area (Å²) in [5, 5.41) is 19.6. The van der Waals surface area contributed by atoms with Crippen LogP contribution in [0.25, 0.3) is 0 Å². The molecule has 2 aromatic carbocycles. The Hall–Kier alpha value is -3.94. The number of hydrogen-bond donors (Lipinski definition) is 2. The number of nitrogens with zero attached hydrogens (tertiary/aromatic N) is 2. The van der Waals surface area contributed by atoms with Crippen LogP contribution in [0.2, 0.25) is 0 Å². The molecule has 0 unspecified atom stereocenters. The van der Waals surface area contributed by atoms with Gasteiger partial charge >= 0.3 is 0 Å². The number of carbonyl (C=O) groups is 4. The fraction of sp³-hybridized carbons (Fsp3) is 0.250. The highest BCUT2D eigenvalue weighted by atomic mass is 16.3. The molecule has 8 heteroatoms. The van der Waals surface area contributed by atoms with Crippen molar-refractivity contribution < 1.29 is 29.4 Å². The minimum absolute atomic E-state index is 0.0666. The fourth-order valence-corrected chi connectivity index (χ4v) is 6.00. The summed E-state index contributed by atoms with van der Waals surface area (Å²) in [6.45, 7) is 0. The lowest BCUT2D eigenvalue weighted by Gasteiger charge is -2.44. The van der Waals surface area contributed by atoms with E-state index < -0.39 is 59.1 Å². The molecule has 32 heavy (non-hydrogen) atoms. The first kappa shape index (κ1) is 18.8. The molecule has 0 spiro atoms. The monoisotopic (exact) mass is 430 g/mol. The third-order valence-corrected chi connectivity index (χ3v) is 7.19. The first-order valence-corrected chi connectivity index (χ1v) is 10.4. The van der Waals surface area contributed by atoms with Crippen LogP contribution in [-0.2, 0) is 19.2 Å². The van der Waals surface area contributed by atoms with E-state index in [1.807, 2.05) is 0 Å². The summed E-state index contributed by atoms with van der Waals surface area (Å²) >= 11 is 0. The number of imide groups is 2. The number of allylic oxidation sites excluding steroid dienone is 2. The molecule has 2 N–H and O–H groups in total. The Morgan fingerprint density at radius 2 is 0.906 bits per heavy atom. The van der Waals surface area contributed by atoms with Crippen molar-refractivity contribution >= 4 is 35.0 Å². The Balaban J connectivity index is 1.41. The Kier molecular flexibility index (Phi) is 3.69. The third-order valence-electron chi connectivity index (χ3n) is 7.19. The molecule has 3 fully saturated rings. The van der Waals surface area contributed by atoms with Gasteiger partial charge in [0.1, 0.15) is 11.5 Å². The van der Waals surface area contributed by atoms with Crippen LogP contribution >= 0.6 is 0 Å². The van der Waals surface area contributed by atoms with E-state index in [-0.39, 0.29) is 22.9 Å². The first-order chi connectivity index (χ1) is 15.4. The molecule has 8 nitrogen and oxygen atoms in total. The van der Waals surface area contributed by atoms with Crippen LogP contribution in [0.5, 0.6) is 11.5 Å². The second-order valence-electron chi connectivity index (χ2n) is 8.71. The average Bonchev–Trinajstić information content (AvgIpc) is 3.21. The molecule has 0 aromatic heterocycles. The largest absolute Gasteiger partial charge is 0.508 e. The Morgan fingerprint density at radius 3 is 1.22 bits per heavy atom. The molecule has 2 saturated heterocycles. The second kappa shape index (κ2) is 6.29. The van der Waals surface area contributed by atoms with E-state index in [9.17, 15) is 29.4 Å². The smallest absolute Gasteiger partial charge is 0.238 e. The molecule has 4 atom stereocenters. The predicted molar refractivity (Wildman–Crippen MR) is 111 cm³/mol. The van der Waals surface area contributed by atoms with Crippen LogP contribution in [0.1, 0.15) is 0 Å². The number of rotatable bonds is 2. The van der Waals surface area contributed by atoms with Crippen molar-refractivity contribution in [3.05, 3.63) is 60.7 Å². The SMILES string of the molecule is O=C1[C@@H]2C3C=CC([C@H]2C(=O)N1c1cccc(O)c1)[C@H]1C(=O)N(c2cccc(O)c2)C(=O)[C@H]31. The zero-order valence-corrected chi connectivity index (χ0v) is 16.7. The molecule has 2 bridgehead atoms. The molecule has 1 saturated carbocycles. The maximum Gasteiger partial charge on any atom is 0.238 e. The fourth-order valence-electron chi connectivity index (χ4n) is 6.00. The number of benzene rings is 2. The van der Waals surface area contributed by atoms with Crippen molar-refractivity contribution in [1.29, 1.82) is 0 Å². The van der Waals surface area contributed by atoms with Gasteiger partial charge in [0.2, 0.25) is 23.6 Å². The summed E-state index contributed by atoms with van der Waals surface area (Å²) in [6.07, 6.45) is 3.59. The third kappa shape index (κ3) is 2.26. The molecule has 2 aromatic rings. The second-order valence-corrected chi connectivity index (χ2v) is 8.71. The Bertz CT molecular complexity index is 1110. The number of carbonyl (C=O) groups excluding carboxylic acids is 4. The summed E-state index contributed by atoms with van der Waals surface area (Å²) < 4.78 is 0. The van der Waals surface area contributed by atoms with E-state index >= 15 is 0 Å². The van der Waals surface area contributed by atoms with Gasteiger partial charge < -0.3 is 10.2 Å². The zero-order chi connectivity index (χ0) is 22.3. The normalized spacial score (nSPS) is 32.6. The van der Waals surface area contributed by atoms with E-state index in [2.05, 4.69) is 0 Å². The van der Waals surface area contributed by atoms with Gasteiger partial charge in [-0.2, -0.15) is 0 Å². The quantitative estimate of drug-likeness (QED) is 0.555. The van der Waals surface area contributed by atoms with Gasteiger partial charge in [-0.25, -0.2) is 9.80 Å². The summed E-state index contributed by atoms with van der Waals surface area (Å²) in [5.41, 5.74) is 0.552. The van der Waals surface area contributed by atoms with E-state index in [0.717, 1.165) is 9.80 Å². The highest BCUT2D eigenvalue weighted by Crippen LogP contribution is 2.58. The molecule has 0 radical (unpaired) electrons. The number of anilines is 2. The summed E-state index contributed by atoms with van der Waals surface area (Å²) in [4.78, 5) is 55.6. The van der Waals surface area contributed by atoms with Crippen LogP contribution in [0.4, 0.5) is 11.4 Å². The van der Waals surface area contributed by atoms with Gasteiger partial charge in [-0.05, 0) is 24.3 Å². The number of amides is 4. The van der Waals surface area contributed by atoms with Crippen LogP contribution < -0.4 is 9.80 Å². The molecule has 4 amide bonds. The van der Waals surface area contributed by atoms with Crippen LogP contribution in [-0.4, -0.2) is 33.8 Å². The number of aromatic hydroxyl groups is 2. The van der Waals surface area contributed by atoms with Crippen molar-refractivity contribution in [1.82, 2.24) is 0 Å². The summed E-state index contributed by atoms with van der Waals surface area (Å²) in [6, 6.07) is 11.8. The van der Waals surface area contributed by atoms with Crippen LogP contribution in [0.15, 0.2) is 60.7 Å². The molecule has 160 valence electrons. The highest BCUT2D eigenvalue weighted by Gasteiger charge is 2.68. The lowest BCUT2D eigenvalue weighted by Crippen LogP contribution is -2.50. The molecule has 7 rings (SSSR count). The van der Waals surface area contributed by atoms with Gasteiger partial charge in [0.15, 0.2) is 0 Å². The maximum absolute atomic E-state index is 13.4. The molecular weight excluding hydrogens is 412 g/mol. The maximum atomic E-state index is 13.4. The van der Waals surface area contributed by atoms with Crippen molar-refractivity contribution in [3.63, 3.8) is 0 Å². The lowest BCUT2D eigenvalue weighted by atomic mass is 9.54. The molecule has 2 aliphatic heterocycles. The van der Waals surface area contributed by atoms with E-state index in [1.165, 1.54) is 24.3 Å². The Labute approximate surface area is 182 Å². The highest BCUT2D eigenvalue weighted by molar-refractivity contribution is 6.26.